The molecule has 1 aliphatic heterocycles. The quantitative estimate of drug-likeness (QED) is 0.405. The van der Waals surface area contributed by atoms with Crippen molar-refractivity contribution in [2.75, 3.05) is 6.61 Å². The van der Waals surface area contributed by atoms with Crippen molar-refractivity contribution in [1.29, 1.82) is 0 Å². The first-order chi connectivity index (χ1) is 4.70. The summed E-state index contributed by atoms with van der Waals surface area (Å²) < 4.78 is 4.96. The highest BCUT2D eigenvalue weighted by atomic mass is 16.6. The molecule has 4 heteroatoms. The second-order valence-corrected chi connectivity index (χ2v) is 2.32. The number of rotatable bonds is 1. The smallest absolute Gasteiger partial charge is 0.223 e. The molecule has 1 heterocycles. The average Bonchev–Trinajstić information content (AvgIpc) is 1.88. The van der Waals surface area contributed by atoms with Crippen LogP contribution in [0.3, 0.4) is 0 Å². The molecule has 1 fully saturated rings. The zero-order valence-electron chi connectivity index (χ0n) is 5.58. The third kappa shape index (κ3) is 1.46. The highest BCUT2D eigenvalue weighted by Gasteiger charge is 2.25. The third-order valence-corrected chi connectivity index (χ3v) is 1.52. The lowest BCUT2D eigenvalue weighted by atomic mass is 10.1. The molecule has 10 heavy (non-hydrogen) atoms. The Morgan fingerprint density at radius 1 is 1.80 bits per heavy atom. The lowest BCUT2D eigenvalue weighted by molar-refractivity contribution is -0.526. The van der Waals surface area contributed by atoms with E-state index in [9.17, 15) is 10.1 Å². The third-order valence-electron chi connectivity index (χ3n) is 1.52. The molecule has 1 saturated heterocycles. The van der Waals surface area contributed by atoms with Gasteiger partial charge in [0.2, 0.25) is 6.04 Å². The van der Waals surface area contributed by atoms with Crippen LogP contribution < -0.4 is 0 Å². The summed E-state index contributed by atoms with van der Waals surface area (Å²) in [5, 5.41) is 10.2. The number of nitro groups is 1. The van der Waals surface area contributed by atoms with Crippen LogP contribution in [-0.2, 0) is 4.74 Å². The van der Waals surface area contributed by atoms with E-state index in [1.807, 2.05) is 0 Å². The summed E-state index contributed by atoms with van der Waals surface area (Å²) in [5.41, 5.74) is 0. The minimum atomic E-state index is -0.471. The molecule has 0 spiro atoms. The molecule has 0 N–H and O–H groups in total. The maximum Gasteiger partial charge on any atom is 0.223 e. The number of ether oxygens (including phenoxy) is 1. The number of nitrogens with zero attached hydrogens (tertiary/aromatic N) is 1. The van der Waals surface area contributed by atoms with Crippen LogP contribution in [0.4, 0.5) is 0 Å². The molecular formula is C6H9NO3. The van der Waals surface area contributed by atoms with Crippen molar-refractivity contribution < 1.29 is 9.66 Å². The molecule has 56 valence electrons. The summed E-state index contributed by atoms with van der Waals surface area (Å²) in [6, 6.07) is -0.471. The van der Waals surface area contributed by atoms with Gasteiger partial charge in [0.1, 0.15) is 0 Å². The van der Waals surface area contributed by atoms with E-state index in [2.05, 4.69) is 6.58 Å². The van der Waals surface area contributed by atoms with Crippen molar-refractivity contribution in [3.63, 3.8) is 0 Å². The zero-order valence-corrected chi connectivity index (χ0v) is 5.58. The van der Waals surface area contributed by atoms with Crippen LogP contribution in [0.25, 0.3) is 0 Å². The molecule has 0 aromatic rings. The molecule has 1 aliphatic rings. The predicted octanol–water partition coefficient (Wildman–Crippen LogP) is 0.956. The van der Waals surface area contributed by atoms with E-state index < -0.39 is 6.04 Å². The molecule has 0 aliphatic carbocycles. The van der Waals surface area contributed by atoms with Gasteiger partial charge in [-0.2, -0.15) is 0 Å². The predicted molar refractivity (Wildman–Crippen MR) is 35.1 cm³/mol. The fraction of sp³-hybridized carbons (Fsp3) is 0.667. The van der Waals surface area contributed by atoms with Crippen LogP contribution in [0.2, 0.25) is 0 Å². The Hall–Kier alpha value is -1.06. The fourth-order valence-corrected chi connectivity index (χ4v) is 0.943. The van der Waals surface area contributed by atoms with Gasteiger partial charge >= 0.3 is 0 Å². The van der Waals surface area contributed by atoms with Crippen LogP contribution in [0.5, 0.6) is 0 Å². The van der Waals surface area contributed by atoms with Gasteiger partial charge in [0.05, 0.1) is 18.8 Å². The molecule has 0 aromatic heterocycles. The van der Waals surface area contributed by atoms with Crippen LogP contribution in [-0.4, -0.2) is 17.6 Å². The summed E-state index contributed by atoms with van der Waals surface area (Å²) in [6.45, 7) is 3.96. The monoisotopic (exact) mass is 143 g/mol. The summed E-state index contributed by atoms with van der Waals surface area (Å²) in [6.07, 6.45) is 0.874. The highest BCUT2D eigenvalue weighted by Crippen LogP contribution is 2.16. The van der Waals surface area contributed by atoms with Gasteiger partial charge in [-0.15, -0.1) is 0 Å². The Bertz CT molecular complexity index is 164. The maximum atomic E-state index is 10.2. The molecule has 0 unspecified atom stereocenters. The molecule has 0 saturated carbocycles. The largest absolute Gasteiger partial charge is 0.498 e. The van der Waals surface area contributed by atoms with Crippen LogP contribution in [0.1, 0.15) is 12.8 Å². The standard InChI is InChI=1S/C6H9NO3/c1-5-4-6(7(8)9)2-3-10-5/h6H,1-4H2/t6-/m1/s1. The van der Waals surface area contributed by atoms with Crippen molar-refractivity contribution >= 4 is 0 Å². The molecule has 0 aromatic carbocycles. The van der Waals surface area contributed by atoms with E-state index in [-0.39, 0.29) is 4.92 Å². The molecule has 1 rings (SSSR count). The molecule has 4 nitrogen and oxygen atoms in total. The van der Waals surface area contributed by atoms with Gasteiger partial charge in [0, 0.05) is 11.3 Å². The normalized spacial score (nSPS) is 25.6. The summed E-state index contributed by atoms with van der Waals surface area (Å²) in [4.78, 5) is 9.94. The Balaban J connectivity index is 2.47. The van der Waals surface area contributed by atoms with E-state index in [1.54, 1.807) is 0 Å². The summed E-state index contributed by atoms with van der Waals surface area (Å²) in [7, 11) is 0. The van der Waals surface area contributed by atoms with Crippen molar-refractivity contribution in [3.8, 4) is 0 Å². The molecule has 0 amide bonds. The van der Waals surface area contributed by atoms with Crippen molar-refractivity contribution in [3.05, 3.63) is 22.5 Å². The van der Waals surface area contributed by atoms with Gasteiger partial charge in [-0.05, 0) is 0 Å². The van der Waals surface area contributed by atoms with Crippen LogP contribution in [0, 0.1) is 10.1 Å². The first kappa shape index (κ1) is 7.05. The lowest BCUT2D eigenvalue weighted by Crippen LogP contribution is -2.26. The van der Waals surface area contributed by atoms with Gasteiger partial charge in [0.25, 0.3) is 0 Å². The van der Waals surface area contributed by atoms with Gasteiger partial charge in [-0.1, -0.05) is 6.58 Å². The maximum absolute atomic E-state index is 10.2. The lowest BCUT2D eigenvalue weighted by Gasteiger charge is -2.17. The van der Waals surface area contributed by atoms with Gasteiger partial charge in [-0.25, -0.2) is 0 Å². The SMILES string of the molecule is C=C1C[C@H]([N+](=O)[O-])CCO1. The number of hydrogen-bond donors (Lipinski definition) is 0. The Labute approximate surface area is 58.6 Å². The van der Waals surface area contributed by atoms with E-state index in [4.69, 9.17) is 4.74 Å². The minimum absolute atomic E-state index is 0.270. The van der Waals surface area contributed by atoms with E-state index in [0.29, 0.717) is 25.2 Å². The average molecular weight is 143 g/mol. The van der Waals surface area contributed by atoms with Crippen molar-refractivity contribution in [2.45, 2.75) is 18.9 Å². The number of hydrogen-bond acceptors (Lipinski definition) is 3. The minimum Gasteiger partial charge on any atom is -0.498 e. The summed E-state index contributed by atoms with van der Waals surface area (Å²) in [5.74, 6) is 0.535. The molecule has 1 atom stereocenters. The van der Waals surface area contributed by atoms with Crippen LogP contribution >= 0.6 is 0 Å². The first-order valence-corrected chi connectivity index (χ1v) is 3.14. The Kier molecular flexibility index (Phi) is 1.89. The highest BCUT2D eigenvalue weighted by molar-refractivity contribution is 4.89. The Morgan fingerprint density at radius 2 is 2.50 bits per heavy atom. The topological polar surface area (TPSA) is 52.4 Å². The first-order valence-electron chi connectivity index (χ1n) is 3.14. The van der Waals surface area contributed by atoms with Crippen LogP contribution in [0.15, 0.2) is 12.3 Å². The van der Waals surface area contributed by atoms with E-state index in [0.717, 1.165) is 0 Å². The second-order valence-electron chi connectivity index (χ2n) is 2.32. The van der Waals surface area contributed by atoms with Gasteiger partial charge in [0.15, 0.2) is 0 Å². The second kappa shape index (κ2) is 2.68. The van der Waals surface area contributed by atoms with Gasteiger partial charge < -0.3 is 4.74 Å². The molecular weight excluding hydrogens is 134 g/mol. The van der Waals surface area contributed by atoms with Crippen molar-refractivity contribution in [2.24, 2.45) is 0 Å². The molecule has 0 radical (unpaired) electrons. The van der Waals surface area contributed by atoms with E-state index in [1.165, 1.54) is 0 Å². The Morgan fingerprint density at radius 3 is 2.90 bits per heavy atom. The van der Waals surface area contributed by atoms with Crippen molar-refractivity contribution in [1.82, 2.24) is 0 Å². The summed E-state index contributed by atoms with van der Waals surface area (Å²) >= 11 is 0. The molecule has 0 bridgehead atoms. The van der Waals surface area contributed by atoms with E-state index >= 15 is 0 Å². The van der Waals surface area contributed by atoms with Gasteiger partial charge in [-0.3, -0.25) is 10.1 Å². The fourth-order valence-electron chi connectivity index (χ4n) is 0.943. The zero-order chi connectivity index (χ0) is 7.56.